The molecule has 6 rings (SSSR count). The smallest absolute Gasteiger partial charge is 0.255 e. The molecule has 2 fully saturated rings. The van der Waals surface area contributed by atoms with Crippen LogP contribution in [0.1, 0.15) is 60.2 Å². The number of carbonyl (C=O) groups is 3. The minimum absolute atomic E-state index is 0.211. The second-order valence-electron chi connectivity index (χ2n) is 11.4. The molecule has 10 heteroatoms. The largest absolute Gasteiger partial charge is 0.423 e. The van der Waals surface area contributed by atoms with Gasteiger partial charge in [-0.2, -0.15) is 0 Å². The van der Waals surface area contributed by atoms with Crippen LogP contribution in [0.3, 0.4) is 0 Å². The standard InChI is InChI=1S/C29H31N5O5/c1-28(2)16-33(14-18-3-5-19(6-4-18)26-32-30-17-39-26)12-11-29(28,38)21-7-8-22-20(13-21)15-34(27(22)37)23-9-10-24(35)31-25(23)36/h3-8,13,17,23,38H,9-12,14-16H2,1-2H3,(H,31,35,36)/t23-,29-/m0/s1. The summed E-state index contributed by atoms with van der Waals surface area (Å²) < 4.78 is 5.27. The normalized spacial score (nSPS) is 25.1. The number of imide groups is 1. The third-order valence-electron chi connectivity index (χ3n) is 8.50. The summed E-state index contributed by atoms with van der Waals surface area (Å²) in [6.07, 6.45) is 2.40. The van der Waals surface area contributed by atoms with Crippen LogP contribution in [0.4, 0.5) is 0 Å². The van der Waals surface area contributed by atoms with Crippen LogP contribution in [-0.2, 0) is 28.3 Å². The number of aromatic nitrogens is 2. The van der Waals surface area contributed by atoms with E-state index in [9.17, 15) is 19.5 Å². The number of likely N-dealkylation sites (tertiary alicyclic amines) is 1. The van der Waals surface area contributed by atoms with Crippen molar-refractivity contribution in [3.05, 3.63) is 71.1 Å². The second-order valence-corrected chi connectivity index (χ2v) is 11.4. The van der Waals surface area contributed by atoms with Crippen molar-refractivity contribution in [3.8, 4) is 11.5 Å². The van der Waals surface area contributed by atoms with Gasteiger partial charge in [0.2, 0.25) is 24.1 Å². The van der Waals surface area contributed by atoms with E-state index in [2.05, 4.69) is 46.4 Å². The van der Waals surface area contributed by atoms with Crippen molar-refractivity contribution in [3.63, 3.8) is 0 Å². The van der Waals surface area contributed by atoms with E-state index >= 15 is 0 Å². The van der Waals surface area contributed by atoms with Crippen LogP contribution >= 0.6 is 0 Å². The molecule has 2 aromatic carbocycles. The lowest BCUT2D eigenvalue weighted by Crippen LogP contribution is -2.55. The Balaban J connectivity index is 1.16. The highest BCUT2D eigenvalue weighted by molar-refractivity contribution is 6.05. The van der Waals surface area contributed by atoms with E-state index in [1.54, 1.807) is 6.07 Å². The fourth-order valence-corrected chi connectivity index (χ4v) is 6.24. The van der Waals surface area contributed by atoms with Gasteiger partial charge in [0.15, 0.2) is 0 Å². The summed E-state index contributed by atoms with van der Waals surface area (Å²) in [6.45, 7) is 6.59. The number of hydrogen-bond acceptors (Lipinski definition) is 8. The lowest BCUT2D eigenvalue weighted by Gasteiger charge is -2.50. The number of nitrogens with zero attached hydrogens (tertiary/aromatic N) is 4. The molecule has 3 aromatic rings. The number of amides is 3. The molecule has 39 heavy (non-hydrogen) atoms. The Morgan fingerprint density at radius 2 is 1.92 bits per heavy atom. The fraction of sp³-hybridized carbons (Fsp3) is 0.414. The summed E-state index contributed by atoms with van der Waals surface area (Å²) in [5.74, 6) is -0.456. The van der Waals surface area contributed by atoms with Crippen LogP contribution in [0.5, 0.6) is 0 Å². The topological polar surface area (TPSA) is 129 Å². The monoisotopic (exact) mass is 529 g/mol. The van der Waals surface area contributed by atoms with Gasteiger partial charge in [-0.3, -0.25) is 24.6 Å². The first kappa shape index (κ1) is 25.4. The summed E-state index contributed by atoms with van der Waals surface area (Å²) >= 11 is 0. The summed E-state index contributed by atoms with van der Waals surface area (Å²) in [5, 5.41) is 22.0. The number of benzene rings is 2. The molecular weight excluding hydrogens is 498 g/mol. The van der Waals surface area contributed by atoms with Crippen molar-refractivity contribution in [2.75, 3.05) is 13.1 Å². The predicted octanol–water partition coefficient (Wildman–Crippen LogP) is 2.62. The number of piperidine rings is 2. The molecule has 3 aliphatic heterocycles. The van der Waals surface area contributed by atoms with Gasteiger partial charge in [0.05, 0.1) is 5.60 Å². The minimum atomic E-state index is -1.08. The third-order valence-corrected chi connectivity index (χ3v) is 8.50. The molecular formula is C29H31N5O5. The molecule has 2 saturated heterocycles. The fourth-order valence-electron chi connectivity index (χ4n) is 6.24. The lowest BCUT2D eigenvalue weighted by atomic mass is 9.66. The molecule has 0 bridgehead atoms. The van der Waals surface area contributed by atoms with Crippen LogP contribution < -0.4 is 5.32 Å². The van der Waals surface area contributed by atoms with E-state index in [1.165, 1.54) is 11.3 Å². The Morgan fingerprint density at radius 1 is 1.13 bits per heavy atom. The molecule has 1 aromatic heterocycles. The van der Waals surface area contributed by atoms with E-state index in [0.717, 1.165) is 28.8 Å². The summed E-state index contributed by atoms with van der Waals surface area (Å²) in [4.78, 5) is 40.9. The van der Waals surface area contributed by atoms with Crippen LogP contribution in [0.25, 0.3) is 11.5 Å². The SMILES string of the molecule is CC1(C)CN(Cc2ccc(-c3nnco3)cc2)CC[C@]1(O)c1ccc2c(c1)CN([C@H]1CCC(=O)NC1=O)C2=O. The first-order valence-corrected chi connectivity index (χ1v) is 13.2. The van der Waals surface area contributed by atoms with Crippen molar-refractivity contribution in [1.29, 1.82) is 0 Å². The van der Waals surface area contributed by atoms with Crippen LogP contribution in [-0.4, -0.2) is 62.0 Å². The molecule has 0 saturated carbocycles. The van der Waals surface area contributed by atoms with Gasteiger partial charge in [0.1, 0.15) is 6.04 Å². The van der Waals surface area contributed by atoms with Gasteiger partial charge in [-0.05, 0) is 47.7 Å². The van der Waals surface area contributed by atoms with Crippen molar-refractivity contribution < 1.29 is 23.9 Å². The predicted molar refractivity (Wildman–Crippen MR) is 140 cm³/mol. The van der Waals surface area contributed by atoms with Crippen molar-refractivity contribution in [2.24, 2.45) is 5.41 Å². The van der Waals surface area contributed by atoms with Crippen LogP contribution in [0.2, 0.25) is 0 Å². The Labute approximate surface area is 226 Å². The van der Waals surface area contributed by atoms with Crippen molar-refractivity contribution in [2.45, 2.75) is 57.8 Å². The summed E-state index contributed by atoms with van der Waals surface area (Å²) in [5.41, 5.74) is 2.62. The van der Waals surface area contributed by atoms with E-state index in [-0.39, 0.29) is 24.8 Å². The molecule has 3 aliphatic rings. The number of fused-ring (bicyclic) bond motifs is 1. The number of rotatable bonds is 5. The van der Waals surface area contributed by atoms with E-state index in [1.807, 2.05) is 24.3 Å². The molecule has 3 amide bonds. The van der Waals surface area contributed by atoms with E-state index < -0.39 is 23.0 Å². The number of nitrogens with one attached hydrogen (secondary N) is 1. The van der Waals surface area contributed by atoms with Gasteiger partial charge in [0.25, 0.3) is 5.91 Å². The Bertz CT molecular complexity index is 1430. The summed E-state index contributed by atoms with van der Waals surface area (Å²) in [6, 6.07) is 12.9. The van der Waals surface area contributed by atoms with Crippen LogP contribution in [0, 0.1) is 5.41 Å². The van der Waals surface area contributed by atoms with Gasteiger partial charge in [-0.1, -0.05) is 38.1 Å². The molecule has 10 nitrogen and oxygen atoms in total. The van der Waals surface area contributed by atoms with Gasteiger partial charge in [0, 0.05) is 49.1 Å². The van der Waals surface area contributed by atoms with Gasteiger partial charge < -0.3 is 14.4 Å². The molecule has 0 spiro atoms. The highest BCUT2D eigenvalue weighted by Gasteiger charge is 2.49. The lowest BCUT2D eigenvalue weighted by molar-refractivity contribution is -0.136. The number of hydrogen-bond donors (Lipinski definition) is 2. The first-order valence-electron chi connectivity index (χ1n) is 13.2. The Morgan fingerprint density at radius 3 is 2.62 bits per heavy atom. The number of aliphatic hydroxyl groups is 1. The average Bonchev–Trinajstić information content (AvgIpc) is 3.55. The van der Waals surface area contributed by atoms with Crippen molar-refractivity contribution in [1.82, 2.24) is 25.3 Å². The maximum Gasteiger partial charge on any atom is 0.255 e. The van der Waals surface area contributed by atoms with Gasteiger partial charge in [-0.15, -0.1) is 10.2 Å². The maximum atomic E-state index is 13.1. The number of carbonyl (C=O) groups excluding carboxylic acids is 3. The average molecular weight is 530 g/mol. The molecule has 202 valence electrons. The highest BCUT2D eigenvalue weighted by atomic mass is 16.4. The molecule has 2 N–H and O–H groups in total. The molecule has 0 unspecified atom stereocenters. The zero-order chi connectivity index (χ0) is 27.4. The molecule has 4 heterocycles. The third kappa shape index (κ3) is 4.43. The quantitative estimate of drug-likeness (QED) is 0.483. The van der Waals surface area contributed by atoms with E-state index in [0.29, 0.717) is 37.4 Å². The summed E-state index contributed by atoms with van der Waals surface area (Å²) in [7, 11) is 0. The zero-order valence-corrected chi connectivity index (χ0v) is 22.0. The zero-order valence-electron chi connectivity index (χ0n) is 22.0. The Kier molecular flexibility index (Phi) is 6.11. The van der Waals surface area contributed by atoms with Crippen molar-refractivity contribution >= 4 is 17.7 Å². The minimum Gasteiger partial charge on any atom is -0.423 e. The Hall–Kier alpha value is -3.89. The molecule has 2 atom stereocenters. The first-order chi connectivity index (χ1) is 18.6. The van der Waals surface area contributed by atoms with E-state index in [4.69, 9.17) is 4.42 Å². The highest BCUT2D eigenvalue weighted by Crippen LogP contribution is 2.47. The second kappa shape index (κ2) is 9.39. The molecule has 0 aliphatic carbocycles. The van der Waals surface area contributed by atoms with Crippen LogP contribution in [0.15, 0.2) is 53.3 Å². The van der Waals surface area contributed by atoms with Gasteiger partial charge in [-0.25, -0.2) is 0 Å². The van der Waals surface area contributed by atoms with Gasteiger partial charge >= 0.3 is 0 Å². The maximum absolute atomic E-state index is 13.1. The molecule has 0 radical (unpaired) electrons.